The van der Waals surface area contributed by atoms with Crippen LogP contribution in [0.5, 0.6) is 0 Å². The lowest BCUT2D eigenvalue weighted by Crippen LogP contribution is -2.15. The van der Waals surface area contributed by atoms with Gasteiger partial charge in [-0.25, -0.2) is 9.78 Å². The topological polar surface area (TPSA) is 63.0 Å². The van der Waals surface area contributed by atoms with Crippen molar-refractivity contribution in [2.75, 3.05) is 6.61 Å². The van der Waals surface area contributed by atoms with E-state index in [0.29, 0.717) is 6.07 Å². The number of alkyl halides is 3. The van der Waals surface area contributed by atoms with E-state index in [9.17, 15) is 18.0 Å². The van der Waals surface area contributed by atoms with Gasteiger partial charge in [0.05, 0.1) is 12.2 Å². The highest BCUT2D eigenvalue weighted by Gasteiger charge is 2.34. The molecule has 0 atom stereocenters. The Morgan fingerprint density at radius 1 is 1.53 bits per heavy atom. The Morgan fingerprint density at radius 2 is 2.18 bits per heavy atom. The van der Waals surface area contributed by atoms with Crippen molar-refractivity contribution in [3.63, 3.8) is 0 Å². The summed E-state index contributed by atoms with van der Waals surface area (Å²) in [6, 6.07) is 3.11. The summed E-state index contributed by atoms with van der Waals surface area (Å²) in [5, 5.41) is 8.65. The van der Waals surface area contributed by atoms with Gasteiger partial charge in [-0.05, 0) is 19.1 Å². The molecular formula is C10H7F3N2O2. The summed E-state index contributed by atoms with van der Waals surface area (Å²) >= 11 is 0. The van der Waals surface area contributed by atoms with Crippen LogP contribution in [-0.2, 0) is 10.9 Å². The number of rotatable bonds is 2. The first-order valence-corrected chi connectivity index (χ1v) is 4.55. The first-order chi connectivity index (χ1) is 7.90. The first kappa shape index (κ1) is 13.0. The van der Waals surface area contributed by atoms with Gasteiger partial charge in [-0.2, -0.15) is 18.4 Å². The van der Waals surface area contributed by atoms with E-state index < -0.39 is 23.5 Å². The number of halogens is 3. The third-order valence-electron chi connectivity index (χ3n) is 1.77. The summed E-state index contributed by atoms with van der Waals surface area (Å²) in [7, 11) is 0. The van der Waals surface area contributed by atoms with E-state index in [2.05, 4.69) is 9.72 Å². The highest BCUT2D eigenvalue weighted by Crippen LogP contribution is 2.28. The molecule has 0 unspecified atom stereocenters. The average molecular weight is 244 g/mol. The summed E-state index contributed by atoms with van der Waals surface area (Å²) < 4.78 is 41.6. The van der Waals surface area contributed by atoms with Gasteiger partial charge in [-0.15, -0.1) is 0 Å². The lowest BCUT2D eigenvalue weighted by atomic mass is 10.2. The molecule has 0 spiro atoms. The molecule has 1 aromatic rings. The van der Waals surface area contributed by atoms with Crippen molar-refractivity contribution in [2.45, 2.75) is 13.1 Å². The Labute approximate surface area is 94.6 Å². The molecule has 0 saturated heterocycles. The van der Waals surface area contributed by atoms with Crippen molar-refractivity contribution in [2.24, 2.45) is 0 Å². The van der Waals surface area contributed by atoms with Gasteiger partial charge >= 0.3 is 12.1 Å². The van der Waals surface area contributed by atoms with Gasteiger partial charge in [-0.1, -0.05) is 0 Å². The molecule has 0 aliphatic carbocycles. The van der Waals surface area contributed by atoms with Gasteiger partial charge in [0.15, 0.2) is 5.69 Å². The van der Waals surface area contributed by atoms with Gasteiger partial charge in [0.25, 0.3) is 0 Å². The van der Waals surface area contributed by atoms with Crippen LogP contribution in [0.25, 0.3) is 0 Å². The van der Waals surface area contributed by atoms with Crippen molar-refractivity contribution in [1.29, 1.82) is 5.26 Å². The number of ether oxygens (including phenoxy) is 1. The molecule has 1 heterocycles. The van der Waals surface area contributed by atoms with E-state index in [1.54, 1.807) is 6.07 Å². The lowest BCUT2D eigenvalue weighted by Gasteiger charge is -2.08. The molecule has 0 N–H and O–H groups in total. The van der Waals surface area contributed by atoms with E-state index in [1.165, 1.54) is 6.92 Å². The minimum atomic E-state index is -4.67. The van der Waals surface area contributed by atoms with Crippen LogP contribution in [0.1, 0.15) is 28.7 Å². The largest absolute Gasteiger partial charge is 0.461 e. The normalized spacial score (nSPS) is 10.8. The highest BCUT2D eigenvalue weighted by molar-refractivity contribution is 5.90. The van der Waals surface area contributed by atoms with Crippen LogP contribution in [0.4, 0.5) is 13.2 Å². The van der Waals surface area contributed by atoms with Gasteiger partial charge in [0.1, 0.15) is 11.8 Å². The molecule has 0 aliphatic heterocycles. The zero-order valence-electron chi connectivity index (χ0n) is 8.71. The number of carbonyl (C=O) groups excluding carboxylic acids is 1. The fourth-order valence-electron chi connectivity index (χ4n) is 1.06. The Bertz CT molecular complexity index is 477. The average Bonchev–Trinajstić information content (AvgIpc) is 2.27. The van der Waals surface area contributed by atoms with E-state index in [0.717, 1.165) is 6.07 Å². The van der Waals surface area contributed by atoms with Crippen LogP contribution in [0, 0.1) is 11.3 Å². The number of hydrogen-bond acceptors (Lipinski definition) is 4. The van der Waals surface area contributed by atoms with Gasteiger partial charge in [-0.3, -0.25) is 0 Å². The van der Waals surface area contributed by atoms with Crippen LogP contribution in [0.3, 0.4) is 0 Å². The standard InChI is InChI=1S/C10H7F3N2O2/c1-2-17-9(16)8-6(5-14)3-4-7(15-8)10(11,12)13/h3-4H,2H2,1H3. The second kappa shape index (κ2) is 4.82. The number of hydrogen-bond donors (Lipinski definition) is 0. The van der Waals surface area contributed by atoms with Gasteiger partial charge < -0.3 is 4.74 Å². The Morgan fingerprint density at radius 3 is 2.65 bits per heavy atom. The second-order valence-corrected chi connectivity index (χ2v) is 2.92. The van der Waals surface area contributed by atoms with Crippen molar-refractivity contribution < 1.29 is 22.7 Å². The summed E-state index contributed by atoms with van der Waals surface area (Å²) in [4.78, 5) is 14.4. The Balaban J connectivity index is 3.26. The van der Waals surface area contributed by atoms with Crippen LogP contribution < -0.4 is 0 Å². The number of aromatic nitrogens is 1. The molecule has 0 bridgehead atoms. The van der Waals surface area contributed by atoms with E-state index in [4.69, 9.17) is 5.26 Å². The molecule has 17 heavy (non-hydrogen) atoms. The smallest absolute Gasteiger partial charge is 0.433 e. The number of nitrogens with zero attached hydrogens (tertiary/aromatic N) is 2. The number of nitriles is 1. The van der Waals surface area contributed by atoms with Crippen LogP contribution >= 0.6 is 0 Å². The quantitative estimate of drug-likeness (QED) is 0.748. The third kappa shape index (κ3) is 2.93. The molecule has 4 nitrogen and oxygen atoms in total. The molecule has 0 aromatic carbocycles. The lowest BCUT2D eigenvalue weighted by molar-refractivity contribution is -0.141. The maximum absolute atomic E-state index is 12.4. The van der Waals surface area contributed by atoms with Crippen molar-refractivity contribution in [3.8, 4) is 6.07 Å². The monoisotopic (exact) mass is 244 g/mol. The van der Waals surface area contributed by atoms with E-state index >= 15 is 0 Å². The fourth-order valence-corrected chi connectivity index (χ4v) is 1.06. The summed E-state index contributed by atoms with van der Waals surface area (Å²) in [5.74, 6) is -1.05. The predicted octanol–water partition coefficient (Wildman–Crippen LogP) is 2.15. The van der Waals surface area contributed by atoms with Crippen LogP contribution in [-0.4, -0.2) is 17.6 Å². The Kier molecular flexibility index (Phi) is 3.68. The molecule has 0 aliphatic rings. The molecule has 0 fully saturated rings. The number of pyridine rings is 1. The zero-order valence-corrected chi connectivity index (χ0v) is 8.71. The maximum atomic E-state index is 12.4. The number of carbonyl (C=O) groups is 1. The second-order valence-electron chi connectivity index (χ2n) is 2.92. The van der Waals surface area contributed by atoms with Crippen molar-refractivity contribution in [1.82, 2.24) is 4.98 Å². The van der Waals surface area contributed by atoms with E-state index in [-0.39, 0.29) is 12.2 Å². The van der Waals surface area contributed by atoms with Crippen LogP contribution in [0.2, 0.25) is 0 Å². The molecule has 0 saturated carbocycles. The molecule has 7 heteroatoms. The van der Waals surface area contributed by atoms with Crippen molar-refractivity contribution >= 4 is 5.97 Å². The first-order valence-electron chi connectivity index (χ1n) is 4.55. The minimum Gasteiger partial charge on any atom is -0.461 e. The SMILES string of the molecule is CCOC(=O)c1nc(C(F)(F)F)ccc1C#N. The zero-order chi connectivity index (χ0) is 13.1. The Hall–Kier alpha value is -2.10. The molecule has 90 valence electrons. The summed E-state index contributed by atoms with van der Waals surface area (Å²) in [6.45, 7) is 1.49. The molecule has 1 rings (SSSR count). The predicted molar refractivity (Wildman–Crippen MR) is 49.9 cm³/mol. The van der Waals surface area contributed by atoms with E-state index in [1.807, 2.05) is 0 Å². The summed E-state index contributed by atoms with van der Waals surface area (Å²) in [5.41, 5.74) is -2.11. The van der Waals surface area contributed by atoms with Gasteiger partial charge in [0.2, 0.25) is 0 Å². The molecule has 0 radical (unpaired) electrons. The molecule has 0 amide bonds. The van der Waals surface area contributed by atoms with Crippen LogP contribution in [0.15, 0.2) is 12.1 Å². The highest BCUT2D eigenvalue weighted by atomic mass is 19.4. The molecule has 1 aromatic heterocycles. The summed E-state index contributed by atoms with van der Waals surface area (Å²) in [6.07, 6.45) is -4.67. The minimum absolute atomic E-state index is 0.0123. The van der Waals surface area contributed by atoms with Crippen molar-refractivity contribution in [3.05, 3.63) is 29.1 Å². The fraction of sp³-hybridized carbons (Fsp3) is 0.300. The molecular weight excluding hydrogens is 237 g/mol. The third-order valence-corrected chi connectivity index (χ3v) is 1.77. The van der Waals surface area contributed by atoms with Gasteiger partial charge in [0, 0.05) is 0 Å². The maximum Gasteiger partial charge on any atom is 0.433 e. The number of esters is 1.